The largest absolute Gasteiger partial charge is 0.463 e. The fourth-order valence-corrected chi connectivity index (χ4v) is 2.94. The topological polar surface area (TPSA) is 47.6 Å². The van der Waals surface area contributed by atoms with E-state index in [9.17, 15) is 0 Å². The summed E-state index contributed by atoms with van der Waals surface area (Å²) in [5.41, 5.74) is 8.30. The number of halogens is 1. The van der Waals surface area contributed by atoms with Crippen LogP contribution in [0.3, 0.4) is 0 Å². The maximum Gasteiger partial charge on any atom is 0.282 e. The van der Waals surface area contributed by atoms with Crippen molar-refractivity contribution in [3.05, 3.63) is 33.8 Å². The third-order valence-electron chi connectivity index (χ3n) is 3.38. The lowest BCUT2D eigenvalue weighted by Gasteiger charge is -2.30. The SMILES string of the molecule is NC1=NC2(CCc3cc(Br)ccc3C2)CO1. The van der Waals surface area contributed by atoms with Crippen molar-refractivity contribution in [3.63, 3.8) is 0 Å². The van der Waals surface area contributed by atoms with Crippen molar-refractivity contribution in [1.29, 1.82) is 0 Å². The number of aryl methyl sites for hydroxylation is 1. The first-order valence-electron chi connectivity index (χ1n) is 5.42. The zero-order chi connectivity index (χ0) is 11.2. The fraction of sp³-hybridized carbons (Fsp3) is 0.417. The van der Waals surface area contributed by atoms with Crippen molar-refractivity contribution in [1.82, 2.24) is 0 Å². The Balaban J connectivity index is 1.95. The number of rotatable bonds is 0. The smallest absolute Gasteiger partial charge is 0.282 e. The number of aliphatic imine (C=N–C) groups is 1. The van der Waals surface area contributed by atoms with Crippen LogP contribution >= 0.6 is 15.9 Å². The van der Waals surface area contributed by atoms with Crippen molar-refractivity contribution in [2.24, 2.45) is 10.7 Å². The molecule has 2 aliphatic rings. The van der Waals surface area contributed by atoms with Gasteiger partial charge in [0.1, 0.15) is 12.1 Å². The van der Waals surface area contributed by atoms with Gasteiger partial charge in [-0.2, -0.15) is 0 Å². The monoisotopic (exact) mass is 280 g/mol. The van der Waals surface area contributed by atoms with Crippen LogP contribution in [-0.2, 0) is 17.6 Å². The maximum absolute atomic E-state index is 5.60. The van der Waals surface area contributed by atoms with Gasteiger partial charge in [0.2, 0.25) is 0 Å². The van der Waals surface area contributed by atoms with Gasteiger partial charge < -0.3 is 10.5 Å². The Kier molecular flexibility index (Phi) is 2.21. The van der Waals surface area contributed by atoms with Gasteiger partial charge in [0, 0.05) is 10.9 Å². The van der Waals surface area contributed by atoms with Crippen molar-refractivity contribution >= 4 is 22.0 Å². The number of hydrogen-bond acceptors (Lipinski definition) is 3. The minimum absolute atomic E-state index is 0.0923. The highest BCUT2D eigenvalue weighted by atomic mass is 79.9. The third kappa shape index (κ3) is 1.61. The van der Waals surface area contributed by atoms with E-state index in [-0.39, 0.29) is 5.54 Å². The van der Waals surface area contributed by atoms with Crippen LogP contribution in [-0.4, -0.2) is 18.2 Å². The van der Waals surface area contributed by atoms with Gasteiger partial charge in [-0.25, -0.2) is 4.99 Å². The summed E-state index contributed by atoms with van der Waals surface area (Å²) in [6, 6.07) is 6.80. The van der Waals surface area contributed by atoms with Gasteiger partial charge in [-0.1, -0.05) is 22.0 Å². The molecule has 0 bridgehead atoms. The van der Waals surface area contributed by atoms with Crippen molar-refractivity contribution in [2.45, 2.75) is 24.8 Å². The quantitative estimate of drug-likeness (QED) is 0.791. The molecule has 1 aliphatic heterocycles. The fourth-order valence-electron chi connectivity index (χ4n) is 2.54. The summed E-state index contributed by atoms with van der Waals surface area (Å²) in [6.45, 7) is 0.633. The normalized spacial score (nSPS) is 27.4. The summed E-state index contributed by atoms with van der Waals surface area (Å²) in [6.07, 6.45) is 3.02. The minimum atomic E-state index is -0.0923. The maximum atomic E-state index is 5.60. The molecule has 4 heteroatoms. The molecule has 0 saturated heterocycles. The summed E-state index contributed by atoms with van der Waals surface area (Å²) in [7, 11) is 0. The predicted molar refractivity (Wildman–Crippen MR) is 66.5 cm³/mol. The molecule has 3 nitrogen and oxygen atoms in total. The number of benzene rings is 1. The Hall–Kier alpha value is -1.03. The molecule has 0 amide bonds. The molecular weight excluding hydrogens is 268 g/mol. The molecule has 1 aliphatic carbocycles. The average Bonchev–Trinajstić information content (AvgIpc) is 2.61. The molecule has 1 heterocycles. The van der Waals surface area contributed by atoms with E-state index in [1.54, 1.807) is 0 Å². The van der Waals surface area contributed by atoms with Crippen molar-refractivity contribution < 1.29 is 4.74 Å². The molecule has 1 aromatic carbocycles. The molecule has 3 rings (SSSR count). The minimum Gasteiger partial charge on any atom is -0.463 e. The van der Waals surface area contributed by atoms with E-state index >= 15 is 0 Å². The van der Waals surface area contributed by atoms with E-state index in [0.717, 1.165) is 23.7 Å². The molecular formula is C12H13BrN2O. The average molecular weight is 281 g/mol. The first-order valence-corrected chi connectivity index (χ1v) is 6.22. The Labute approximate surface area is 103 Å². The highest BCUT2D eigenvalue weighted by Crippen LogP contribution is 2.35. The Morgan fingerprint density at radius 2 is 2.25 bits per heavy atom. The Morgan fingerprint density at radius 3 is 3.00 bits per heavy atom. The van der Waals surface area contributed by atoms with Crippen LogP contribution in [0.2, 0.25) is 0 Å². The molecule has 84 valence electrons. The van der Waals surface area contributed by atoms with Crippen LogP contribution in [0.5, 0.6) is 0 Å². The van der Waals surface area contributed by atoms with Gasteiger partial charge in [0.25, 0.3) is 6.02 Å². The van der Waals surface area contributed by atoms with Gasteiger partial charge in [0.15, 0.2) is 0 Å². The Bertz CT molecular complexity index is 472. The van der Waals surface area contributed by atoms with Gasteiger partial charge in [-0.15, -0.1) is 0 Å². The van der Waals surface area contributed by atoms with E-state index in [2.05, 4.69) is 39.1 Å². The molecule has 1 spiro atoms. The van der Waals surface area contributed by atoms with Crippen LogP contribution in [0.4, 0.5) is 0 Å². The van der Waals surface area contributed by atoms with E-state index in [1.807, 2.05) is 0 Å². The van der Waals surface area contributed by atoms with Gasteiger partial charge in [0.05, 0.1) is 0 Å². The number of nitrogens with two attached hydrogens (primary N) is 1. The molecule has 0 fully saturated rings. The third-order valence-corrected chi connectivity index (χ3v) is 3.88. The first-order chi connectivity index (χ1) is 7.67. The Morgan fingerprint density at radius 1 is 1.38 bits per heavy atom. The molecule has 0 saturated carbocycles. The van der Waals surface area contributed by atoms with Crippen LogP contribution < -0.4 is 5.73 Å². The molecule has 16 heavy (non-hydrogen) atoms. The molecule has 0 radical (unpaired) electrons. The summed E-state index contributed by atoms with van der Waals surface area (Å²) in [5, 5.41) is 0. The summed E-state index contributed by atoms with van der Waals surface area (Å²) < 4.78 is 6.45. The van der Waals surface area contributed by atoms with Crippen LogP contribution in [0, 0.1) is 0 Å². The van der Waals surface area contributed by atoms with E-state index in [1.165, 1.54) is 11.1 Å². The van der Waals surface area contributed by atoms with Gasteiger partial charge in [-0.05, 0) is 36.1 Å². The number of amidine groups is 1. The molecule has 1 atom stereocenters. The highest BCUT2D eigenvalue weighted by Gasteiger charge is 2.39. The lowest BCUT2D eigenvalue weighted by Crippen LogP contribution is -2.35. The van der Waals surface area contributed by atoms with Gasteiger partial charge >= 0.3 is 0 Å². The van der Waals surface area contributed by atoms with Crippen LogP contribution in [0.1, 0.15) is 17.5 Å². The number of ether oxygens (including phenoxy) is 1. The number of fused-ring (bicyclic) bond motifs is 1. The number of hydrogen-bond donors (Lipinski definition) is 1. The first kappa shape index (κ1) is 10.1. The lowest BCUT2D eigenvalue weighted by molar-refractivity contribution is 0.235. The summed E-state index contributed by atoms with van der Waals surface area (Å²) in [5.74, 6) is 0. The van der Waals surface area contributed by atoms with Crippen molar-refractivity contribution in [2.75, 3.05) is 6.61 Å². The van der Waals surface area contributed by atoms with Crippen LogP contribution in [0.25, 0.3) is 0 Å². The van der Waals surface area contributed by atoms with Crippen molar-refractivity contribution in [3.8, 4) is 0 Å². The second-order valence-electron chi connectivity index (χ2n) is 4.55. The summed E-state index contributed by atoms with van der Waals surface area (Å²) >= 11 is 3.50. The molecule has 1 unspecified atom stereocenters. The van der Waals surface area contributed by atoms with E-state index in [0.29, 0.717) is 12.6 Å². The molecule has 2 N–H and O–H groups in total. The second-order valence-corrected chi connectivity index (χ2v) is 5.47. The second kappa shape index (κ2) is 3.48. The zero-order valence-electron chi connectivity index (χ0n) is 8.87. The van der Waals surface area contributed by atoms with E-state index < -0.39 is 0 Å². The molecule has 1 aromatic rings. The lowest BCUT2D eigenvalue weighted by atomic mass is 9.79. The van der Waals surface area contributed by atoms with Gasteiger partial charge in [-0.3, -0.25) is 0 Å². The molecule has 0 aromatic heterocycles. The zero-order valence-corrected chi connectivity index (χ0v) is 10.5. The predicted octanol–water partition coefficient (Wildman–Crippen LogP) is 2.02. The standard InChI is InChI=1S/C12H13BrN2O/c13-10-2-1-9-6-12(4-3-8(9)5-10)7-16-11(14)15-12/h1-2,5H,3-4,6-7H2,(H2,14,15). The summed E-state index contributed by atoms with van der Waals surface area (Å²) in [4.78, 5) is 4.46. The number of nitrogens with zero attached hydrogens (tertiary/aromatic N) is 1. The highest BCUT2D eigenvalue weighted by molar-refractivity contribution is 9.10. The van der Waals surface area contributed by atoms with E-state index in [4.69, 9.17) is 10.5 Å². The van der Waals surface area contributed by atoms with Crippen LogP contribution in [0.15, 0.2) is 27.7 Å².